The second-order valence-corrected chi connectivity index (χ2v) is 9.97. The number of amides is 1. The summed E-state index contributed by atoms with van der Waals surface area (Å²) in [4.78, 5) is 20.9. The number of hydrogen-bond donors (Lipinski definition) is 1. The van der Waals surface area contributed by atoms with E-state index < -0.39 is 0 Å². The molecule has 0 saturated carbocycles. The summed E-state index contributed by atoms with van der Waals surface area (Å²) in [5, 5.41) is 3.09. The maximum atomic E-state index is 12.8. The van der Waals surface area contributed by atoms with Gasteiger partial charge in [0.15, 0.2) is 4.96 Å². The highest BCUT2D eigenvalue weighted by Crippen LogP contribution is 2.30. The summed E-state index contributed by atoms with van der Waals surface area (Å²) in [6, 6.07) is 22.9. The molecule has 5 aromatic rings. The first-order chi connectivity index (χ1) is 17.0. The molecule has 1 N–H and O–H groups in total. The zero-order chi connectivity index (χ0) is 24.4. The highest BCUT2D eigenvalue weighted by Gasteiger charge is 2.13. The van der Waals surface area contributed by atoms with Crippen LogP contribution >= 0.6 is 11.3 Å². The van der Waals surface area contributed by atoms with Crippen LogP contribution in [0.2, 0.25) is 0 Å². The van der Waals surface area contributed by atoms with Crippen LogP contribution in [-0.2, 0) is 0 Å². The Hall–Kier alpha value is -3.64. The summed E-state index contributed by atoms with van der Waals surface area (Å²) in [7, 11) is 0. The Morgan fingerprint density at radius 2 is 1.86 bits per heavy atom. The van der Waals surface area contributed by atoms with Crippen molar-refractivity contribution in [2.24, 2.45) is 0 Å². The van der Waals surface area contributed by atoms with Crippen LogP contribution in [0.5, 0.6) is 0 Å². The smallest absolute Gasteiger partial charge is 0.251 e. The van der Waals surface area contributed by atoms with Gasteiger partial charge in [-0.2, -0.15) is 0 Å². The van der Waals surface area contributed by atoms with Crippen LogP contribution in [0.1, 0.15) is 34.8 Å². The van der Waals surface area contributed by atoms with Crippen LogP contribution in [0.4, 0.5) is 5.69 Å². The number of thiazole rings is 1. The van der Waals surface area contributed by atoms with Crippen molar-refractivity contribution in [3.05, 3.63) is 89.6 Å². The minimum Gasteiger partial charge on any atom is -0.372 e. The van der Waals surface area contributed by atoms with E-state index in [2.05, 4.69) is 90.1 Å². The number of anilines is 1. The van der Waals surface area contributed by atoms with Gasteiger partial charge in [0, 0.05) is 42.6 Å². The third-order valence-corrected chi connectivity index (χ3v) is 7.36. The molecule has 3 aromatic carbocycles. The Labute approximate surface area is 210 Å². The molecule has 0 radical (unpaired) electrons. The van der Waals surface area contributed by atoms with Gasteiger partial charge < -0.3 is 10.2 Å². The van der Waals surface area contributed by atoms with Gasteiger partial charge in [-0.15, -0.1) is 0 Å². The van der Waals surface area contributed by atoms with E-state index in [4.69, 9.17) is 4.98 Å². The molecule has 0 aliphatic heterocycles. The number of carbonyl (C=O) groups excluding carboxylic acids is 1. The maximum absolute atomic E-state index is 12.8. The maximum Gasteiger partial charge on any atom is 0.251 e. The molecule has 0 fully saturated rings. The molecule has 178 valence electrons. The number of aromatic nitrogens is 2. The molecule has 2 heterocycles. The van der Waals surface area contributed by atoms with E-state index >= 15 is 0 Å². The Balaban J connectivity index is 1.23. The van der Waals surface area contributed by atoms with Crippen molar-refractivity contribution in [2.75, 3.05) is 24.5 Å². The molecular weight excluding hydrogens is 452 g/mol. The first kappa shape index (κ1) is 23.1. The highest BCUT2D eigenvalue weighted by atomic mass is 32.1. The average Bonchev–Trinajstić information content (AvgIpc) is 3.42. The number of hydrogen-bond acceptors (Lipinski definition) is 4. The van der Waals surface area contributed by atoms with Gasteiger partial charge in [0.1, 0.15) is 0 Å². The fourth-order valence-electron chi connectivity index (χ4n) is 4.37. The highest BCUT2D eigenvalue weighted by molar-refractivity contribution is 7.23. The molecule has 2 aromatic heterocycles. The van der Waals surface area contributed by atoms with Crippen molar-refractivity contribution in [3.63, 3.8) is 0 Å². The predicted molar refractivity (Wildman–Crippen MR) is 147 cm³/mol. The molecule has 0 aliphatic rings. The second kappa shape index (κ2) is 9.92. The number of rotatable bonds is 8. The van der Waals surface area contributed by atoms with E-state index in [1.165, 1.54) is 16.8 Å². The first-order valence-electron chi connectivity index (χ1n) is 12.1. The van der Waals surface area contributed by atoms with Crippen LogP contribution in [-0.4, -0.2) is 34.9 Å². The molecule has 35 heavy (non-hydrogen) atoms. The lowest BCUT2D eigenvalue weighted by Gasteiger charge is -2.23. The zero-order valence-corrected chi connectivity index (χ0v) is 21.2. The fourth-order valence-corrected chi connectivity index (χ4v) is 5.42. The van der Waals surface area contributed by atoms with E-state index in [0.717, 1.165) is 45.9 Å². The van der Waals surface area contributed by atoms with Crippen molar-refractivity contribution >= 4 is 38.1 Å². The van der Waals surface area contributed by atoms with Gasteiger partial charge >= 0.3 is 0 Å². The summed E-state index contributed by atoms with van der Waals surface area (Å²) in [5.41, 5.74) is 7.57. The van der Waals surface area contributed by atoms with E-state index in [-0.39, 0.29) is 5.91 Å². The molecule has 0 bridgehead atoms. The van der Waals surface area contributed by atoms with Gasteiger partial charge in [0.25, 0.3) is 5.91 Å². The molecule has 1 amide bonds. The summed E-state index contributed by atoms with van der Waals surface area (Å²) in [5.74, 6) is -0.0307. The lowest BCUT2D eigenvalue weighted by molar-refractivity contribution is 0.0953. The van der Waals surface area contributed by atoms with E-state index in [1.807, 2.05) is 18.2 Å². The minimum atomic E-state index is -0.0307. The summed E-state index contributed by atoms with van der Waals surface area (Å²) < 4.78 is 3.17. The molecule has 5 nitrogen and oxygen atoms in total. The molecule has 0 aliphatic carbocycles. The van der Waals surface area contributed by atoms with Crippen LogP contribution < -0.4 is 10.2 Å². The number of nitrogens with one attached hydrogen (secondary N) is 1. The topological polar surface area (TPSA) is 49.6 Å². The third-order valence-electron chi connectivity index (χ3n) is 6.34. The number of fused-ring (bicyclic) bond motifs is 3. The standard InChI is InChI=1S/C29H30N4OS/c1-4-32(24-8-5-7-21(3)17-24)16-6-15-30-28(34)23-13-14-26-27(18-23)35-29-31-25(19-33(26)29)22-11-9-20(2)10-12-22/h5,7-14,17-19H,4,6,15-16H2,1-3H3,(H,30,34). The Bertz CT molecular complexity index is 1480. The number of benzene rings is 3. The number of imidazole rings is 1. The van der Waals surface area contributed by atoms with Crippen LogP contribution in [0.15, 0.2) is 72.9 Å². The molecule has 0 saturated heterocycles. The van der Waals surface area contributed by atoms with Crippen molar-refractivity contribution in [1.82, 2.24) is 14.7 Å². The van der Waals surface area contributed by atoms with Crippen LogP contribution in [0.25, 0.3) is 26.4 Å². The van der Waals surface area contributed by atoms with Crippen LogP contribution in [0.3, 0.4) is 0 Å². The largest absolute Gasteiger partial charge is 0.372 e. The third kappa shape index (κ3) is 4.93. The van der Waals surface area contributed by atoms with E-state index in [9.17, 15) is 4.79 Å². The first-order valence-corrected chi connectivity index (χ1v) is 12.9. The van der Waals surface area contributed by atoms with Crippen LogP contribution in [0, 0.1) is 13.8 Å². The molecule has 0 spiro atoms. The fraction of sp³-hybridized carbons (Fsp3) is 0.241. The summed E-state index contributed by atoms with van der Waals surface area (Å²) in [6.45, 7) is 8.86. The SMILES string of the molecule is CCN(CCCNC(=O)c1ccc2c(c1)sc1nc(-c3ccc(C)cc3)cn12)c1cccc(C)c1. The van der Waals surface area contributed by atoms with Crippen molar-refractivity contribution in [1.29, 1.82) is 0 Å². The van der Waals surface area contributed by atoms with Gasteiger partial charge in [0.2, 0.25) is 0 Å². The number of nitrogens with zero attached hydrogens (tertiary/aromatic N) is 3. The average molecular weight is 483 g/mol. The molecule has 5 rings (SSSR count). The normalized spacial score (nSPS) is 11.3. The summed E-state index contributed by atoms with van der Waals surface area (Å²) in [6.07, 6.45) is 2.97. The van der Waals surface area contributed by atoms with Gasteiger partial charge in [-0.1, -0.05) is 53.3 Å². The summed E-state index contributed by atoms with van der Waals surface area (Å²) >= 11 is 1.61. The lowest BCUT2D eigenvalue weighted by Crippen LogP contribution is -2.30. The molecule has 0 atom stereocenters. The Kier molecular flexibility index (Phi) is 6.55. The van der Waals surface area contributed by atoms with Crippen molar-refractivity contribution in [3.8, 4) is 11.3 Å². The van der Waals surface area contributed by atoms with E-state index in [1.54, 1.807) is 11.3 Å². The van der Waals surface area contributed by atoms with Crippen molar-refractivity contribution in [2.45, 2.75) is 27.2 Å². The zero-order valence-electron chi connectivity index (χ0n) is 20.4. The minimum absolute atomic E-state index is 0.0307. The van der Waals surface area contributed by atoms with E-state index in [0.29, 0.717) is 12.1 Å². The lowest BCUT2D eigenvalue weighted by atomic mass is 10.1. The number of aryl methyl sites for hydroxylation is 2. The van der Waals surface area contributed by atoms with Gasteiger partial charge in [-0.3, -0.25) is 9.20 Å². The monoisotopic (exact) mass is 482 g/mol. The molecular formula is C29H30N4OS. The second-order valence-electron chi connectivity index (χ2n) is 8.96. The predicted octanol–water partition coefficient (Wildman–Crippen LogP) is 6.48. The molecule has 0 unspecified atom stereocenters. The molecule has 6 heteroatoms. The number of carbonyl (C=O) groups is 1. The van der Waals surface area contributed by atoms with Crippen molar-refractivity contribution < 1.29 is 4.79 Å². The Morgan fingerprint density at radius 3 is 2.63 bits per heavy atom. The quantitative estimate of drug-likeness (QED) is 0.258. The van der Waals surface area contributed by atoms with Gasteiger partial charge in [-0.05, 0) is 63.1 Å². The Morgan fingerprint density at radius 1 is 1.03 bits per heavy atom. The van der Waals surface area contributed by atoms with Gasteiger partial charge in [-0.25, -0.2) is 4.98 Å². The van der Waals surface area contributed by atoms with Gasteiger partial charge in [0.05, 0.1) is 15.9 Å².